The van der Waals surface area contributed by atoms with E-state index >= 15 is 0 Å². The van der Waals surface area contributed by atoms with E-state index in [0.29, 0.717) is 0 Å². The number of fused-ring (bicyclic) bond motifs is 10. The van der Waals surface area contributed by atoms with Crippen LogP contribution in [0, 0.1) is 0 Å². The van der Waals surface area contributed by atoms with Crippen LogP contribution in [0.5, 0.6) is 11.5 Å². The van der Waals surface area contributed by atoms with Gasteiger partial charge in [-0.05, 0) is 93.9 Å². The van der Waals surface area contributed by atoms with E-state index in [-0.39, 0.29) is 0 Å². The number of aromatic nitrogens is 2. The zero-order valence-electron chi connectivity index (χ0n) is 36.5. The van der Waals surface area contributed by atoms with E-state index in [1.54, 1.807) is 0 Å². The molecule has 0 spiro atoms. The lowest BCUT2D eigenvalue weighted by Crippen LogP contribution is -2.15. The van der Waals surface area contributed by atoms with E-state index in [4.69, 9.17) is 4.74 Å². The first-order chi connectivity index (χ1) is 30.2. The summed E-state index contributed by atoms with van der Waals surface area (Å²) in [4.78, 5) is 9.06. The SMILES string of the molecule is CN(C)C.CN1c2ccccc2Oc2ccccc21.CN1c2ccccc2Sc2ccccc21.Cn1c2ccccc2c2ccccc21.Cn1c2ccccc2c2ccccc21. The summed E-state index contributed by atoms with van der Waals surface area (Å²) >= 11 is 1.84. The van der Waals surface area contributed by atoms with Crippen LogP contribution in [0.1, 0.15) is 0 Å². The van der Waals surface area contributed by atoms with Crippen LogP contribution in [0.3, 0.4) is 0 Å². The molecule has 10 aromatic rings. The maximum Gasteiger partial charge on any atom is 0.151 e. The molecule has 62 heavy (non-hydrogen) atoms. The summed E-state index contributed by atoms with van der Waals surface area (Å²) in [5, 5.41) is 5.35. The minimum absolute atomic E-state index is 0.915. The molecule has 0 N–H and O–H groups in total. The lowest BCUT2D eigenvalue weighted by molar-refractivity contribution is 0.475. The van der Waals surface area contributed by atoms with Gasteiger partial charge in [0.15, 0.2) is 11.5 Å². The summed E-state index contributed by atoms with van der Waals surface area (Å²) in [7, 11) is 14.4. The molecule has 310 valence electrons. The fraction of sp³-hybridized carbons (Fsp3) is 0.127. The molecular weight excluding hydrogens is 779 g/mol. The molecule has 7 heteroatoms. The standard InChI is InChI=1S/C13H11NO.C13H11NS.2C13H11N.C3H9N/c2*1-14-10-6-2-4-8-12(10)15-13-9-5-3-7-11(13)14;2*1-14-12-8-4-2-6-10(12)11-7-3-5-9-13(11)14;1-4(2)3/h2*2-9H,1H3;2*2-9H,1H3;1-3H3. The van der Waals surface area contributed by atoms with E-state index in [0.717, 1.165) is 22.9 Å². The Morgan fingerprint density at radius 1 is 0.339 bits per heavy atom. The van der Waals surface area contributed by atoms with Crippen LogP contribution in [0.4, 0.5) is 22.7 Å². The summed E-state index contributed by atoms with van der Waals surface area (Å²) in [6.45, 7) is 0. The van der Waals surface area contributed by atoms with Gasteiger partial charge in [0, 0.05) is 81.6 Å². The van der Waals surface area contributed by atoms with E-state index < -0.39 is 0 Å². The molecule has 0 fully saturated rings. The molecule has 0 bridgehead atoms. The van der Waals surface area contributed by atoms with Crippen molar-refractivity contribution in [2.45, 2.75) is 9.79 Å². The number of hydrogen-bond donors (Lipinski definition) is 0. The second kappa shape index (κ2) is 18.8. The van der Waals surface area contributed by atoms with Gasteiger partial charge in [-0.2, -0.15) is 0 Å². The smallest absolute Gasteiger partial charge is 0.151 e. The van der Waals surface area contributed by atoms with Crippen molar-refractivity contribution in [3.8, 4) is 11.5 Å². The lowest BCUT2D eigenvalue weighted by atomic mass is 10.2. The Bertz CT molecular complexity index is 2700. The monoisotopic (exact) mass is 831 g/mol. The van der Waals surface area contributed by atoms with E-state index in [2.05, 4.69) is 205 Å². The zero-order valence-corrected chi connectivity index (χ0v) is 37.3. The summed E-state index contributed by atoms with van der Waals surface area (Å²) in [6, 6.07) is 67.2. The third-order valence-corrected chi connectivity index (χ3v) is 12.1. The van der Waals surface area contributed by atoms with E-state index in [1.165, 1.54) is 64.8 Å². The van der Waals surface area contributed by atoms with Crippen molar-refractivity contribution < 1.29 is 4.74 Å². The van der Waals surface area contributed by atoms with Gasteiger partial charge in [0.1, 0.15) is 0 Å². The van der Waals surface area contributed by atoms with Gasteiger partial charge in [-0.15, -0.1) is 0 Å². The maximum absolute atomic E-state index is 5.81. The maximum atomic E-state index is 5.81. The Hall–Kier alpha value is -6.93. The highest BCUT2D eigenvalue weighted by Crippen LogP contribution is 2.47. The molecule has 0 amide bonds. The minimum Gasteiger partial charge on any atom is -0.453 e. The predicted octanol–water partition coefficient (Wildman–Crippen LogP) is 14.3. The molecule has 0 atom stereocenters. The summed E-state index contributed by atoms with van der Waals surface area (Å²) in [6.07, 6.45) is 0. The second-order valence-electron chi connectivity index (χ2n) is 15.7. The van der Waals surface area contributed by atoms with Gasteiger partial charge in [0.05, 0.1) is 22.7 Å². The van der Waals surface area contributed by atoms with Crippen molar-refractivity contribution in [3.63, 3.8) is 0 Å². The largest absolute Gasteiger partial charge is 0.453 e. The van der Waals surface area contributed by atoms with Crippen molar-refractivity contribution in [3.05, 3.63) is 194 Å². The number of para-hydroxylation sites is 10. The van der Waals surface area contributed by atoms with Crippen LogP contribution in [-0.2, 0) is 14.1 Å². The molecule has 0 radical (unpaired) electrons. The number of nitrogens with zero attached hydrogens (tertiary/aromatic N) is 5. The summed E-state index contributed by atoms with van der Waals surface area (Å²) in [5.74, 6) is 1.83. The number of anilines is 4. The van der Waals surface area contributed by atoms with Crippen LogP contribution in [0.25, 0.3) is 43.6 Å². The average molecular weight is 832 g/mol. The van der Waals surface area contributed by atoms with Gasteiger partial charge in [-0.25, -0.2) is 0 Å². The van der Waals surface area contributed by atoms with E-state index in [1.807, 2.05) is 74.2 Å². The van der Waals surface area contributed by atoms with Crippen LogP contribution in [0.15, 0.2) is 204 Å². The molecular formula is C55H53N5OS. The summed E-state index contributed by atoms with van der Waals surface area (Å²) in [5.41, 5.74) is 10.00. The Balaban J connectivity index is 0.000000111. The fourth-order valence-corrected chi connectivity index (χ4v) is 9.16. The number of rotatable bonds is 0. The minimum atomic E-state index is 0.915. The Morgan fingerprint density at radius 3 is 0.952 bits per heavy atom. The molecule has 2 aliphatic rings. The van der Waals surface area contributed by atoms with E-state index in [9.17, 15) is 0 Å². The molecule has 0 aliphatic carbocycles. The summed E-state index contributed by atoms with van der Waals surface area (Å²) < 4.78 is 10.3. The molecule has 0 saturated heterocycles. The number of hydrogen-bond acceptors (Lipinski definition) is 5. The fourth-order valence-electron chi connectivity index (χ4n) is 8.01. The highest BCUT2D eigenvalue weighted by atomic mass is 32.2. The van der Waals surface area contributed by atoms with Gasteiger partial charge in [-0.3, -0.25) is 0 Å². The topological polar surface area (TPSA) is 28.8 Å². The van der Waals surface area contributed by atoms with Crippen molar-refractivity contribution >= 4 is 78.1 Å². The Labute approximate surface area is 369 Å². The molecule has 8 aromatic carbocycles. The van der Waals surface area contributed by atoms with Gasteiger partial charge in [0.2, 0.25) is 0 Å². The quantitative estimate of drug-likeness (QED) is 0.152. The first-order valence-electron chi connectivity index (χ1n) is 20.9. The van der Waals surface area contributed by atoms with Crippen LogP contribution < -0.4 is 14.5 Å². The lowest BCUT2D eigenvalue weighted by Gasteiger charge is -2.29. The van der Waals surface area contributed by atoms with Gasteiger partial charge >= 0.3 is 0 Å². The Morgan fingerprint density at radius 2 is 0.597 bits per heavy atom. The number of benzene rings is 8. The average Bonchev–Trinajstić information content (AvgIpc) is 3.77. The van der Waals surface area contributed by atoms with Crippen molar-refractivity contribution in [1.29, 1.82) is 0 Å². The molecule has 12 rings (SSSR count). The number of ether oxygens (including phenoxy) is 1. The first kappa shape index (κ1) is 41.8. The molecule has 2 aromatic heterocycles. The third-order valence-electron chi connectivity index (χ3n) is 11.0. The molecule has 0 saturated carbocycles. The van der Waals surface area contributed by atoms with Gasteiger partial charge in [-0.1, -0.05) is 133 Å². The van der Waals surface area contributed by atoms with Crippen LogP contribution in [0.2, 0.25) is 0 Å². The molecule has 2 aliphatic heterocycles. The molecule has 0 unspecified atom stereocenters. The highest BCUT2D eigenvalue weighted by molar-refractivity contribution is 7.99. The van der Waals surface area contributed by atoms with Crippen LogP contribution in [-0.4, -0.2) is 49.3 Å². The molecule has 6 nitrogen and oxygen atoms in total. The van der Waals surface area contributed by atoms with Crippen molar-refractivity contribution in [2.75, 3.05) is 45.0 Å². The normalized spacial score (nSPS) is 11.9. The van der Waals surface area contributed by atoms with Crippen LogP contribution >= 0.6 is 11.8 Å². The third kappa shape index (κ3) is 8.64. The highest BCUT2D eigenvalue weighted by Gasteiger charge is 2.20. The zero-order chi connectivity index (χ0) is 43.2. The van der Waals surface area contributed by atoms with Crippen molar-refractivity contribution in [1.82, 2.24) is 14.0 Å². The van der Waals surface area contributed by atoms with Gasteiger partial charge < -0.3 is 28.6 Å². The Kier molecular flexibility index (Phi) is 12.7. The first-order valence-corrected chi connectivity index (χ1v) is 21.7. The predicted molar refractivity (Wildman–Crippen MR) is 267 cm³/mol. The van der Waals surface area contributed by atoms with Gasteiger partial charge in [0.25, 0.3) is 0 Å². The second-order valence-corrected chi connectivity index (χ2v) is 16.8. The van der Waals surface area contributed by atoms with Crippen molar-refractivity contribution in [2.24, 2.45) is 14.1 Å². The molecule has 4 heterocycles. The number of aryl methyl sites for hydroxylation is 2.